The number of carbonyl (C=O) groups is 2. The molecule has 2 aromatic carbocycles. The molecule has 7 N–H and O–H groups in total. The molecule has 2 amide bonds. The fourth-order valence-corrected chi connectivity index (χ4v) is 3.95. The number of aliphatic imine (C=N–C) groups is 1. The van der Waals surface area contributed by atoms with Gasteiger partial charge in [0.05, 0.1) is 26.6 Å². The number of nitrogens with two attached hydrogens (primary N) is 1. The topological polar surface area (TPSA) is 203 Å². The monoisotopic (exact) mass is 554 g/mol. The van der Waals surface area contributed by atoms with Gasteiger partial charge in [0.1, 0.15) is 36.5 Å². The Morgan fingerprint density at radius 1 is 1.10 bits per heavy atom. The normalized spacial score (nSPS) is 20.6. The van der Waals surface area contributed by atoms with E-state index in [1.165, 1.54) is 4.57 Å². The maximum atomic E-state index is 12.7. The highest BCUT2D eigenvalue weighted by Crippen LogP contribution is 2.32. The lowest BCUT2D eigenvalue weighted by molar-refractivity contribution is -0.0518. The van der Waals surface area contributed by atoms with Crippen LogP contribution >= 0.6 is 0 Å². The number of carbonyl (C=O) groups excluding carboxylic acids is 2. The van der Waals surface area contributed by atoms with Gasteiger partial charge in [-0.1, -0.05) is 42.5 Å². The summed E-state index contributed by atoms with van der Waals surface area (Å²) >= 11 is 0. The van der Waals surface area contributed by atoms with Crippen molar-refractivity contribution >= 4 is 23.8 Å². The maximum absolute atomic E-state index is 12.7. The lowest BCUT2D eigenvalue weighted by Gasteiger charge is -2.20. The number of nitrogens with one attached hydrogen (secondary N) is 2. The molecule has 0 radical (unpaired) electrons. The lowest BCUT2D eigenvalue weighted by Crippen LogP contribution is -2.38. The number of imidazole rings is 1. The molecule has 2 heterocycles. The second kappa shape index (κ2) is 13.0. The fraction of sp³-hybridized carbons (Fsp3) is 0.308. The molecular weight excluding hydrogens is 524 g/mol. The molecule has 1 aromatic heterocycles. The average Bonchev–Trinajstić information content (AvgIpc) is 3.51. The van der Waals surface area contributed by atoms with E-state index in [9.17, 15) is 24.9 Å². The van der Waals surface area contributed by atoms with E-state index >= 15 is 0 Å². The zero-order valence-corrected chi connectivity index (χ0v) is 21.5. The Kier molecular flexibility index (Phi) is 9.29. The Hall–Kier alpha value is -4.50. The summed E-state index contributed by atoms with van der Waals surface area (Å²) in [5, 5.41) is 35.5. The smallest absolute Gasteiger partial charge is 0.414 e. The van der Waals surface area contributed by atoms with Gasteiger partial charge in [-0.05, 0) is 23.3 Å². The lowest BCUT2D eigenvalue weighted by atomic mass is 10.1. The second-order valence-electron chi connectivity index (χ2n) is 8.77. The molecule has 14 nitrogen and oxygen atoms in total. The predicted molar refractivity (Wildman–Crippen MR) is 141 cm³/mol. The summed E-state index contributed by atoms with van der Waals surface area (Å²) in [4.78, 5) is 33.3. The quantitative estimate of drug-likeness (QED) is 0.160. The molecule has 0 saturated carbocycles. The number of hydrogen-bond acceptors (Lipinski definition) is 10. The number of nitrogens with zero attached hydrogens (tertiary/aromatic N) is 3. The highest BCUT2D eigenvalue weighted by Gasteiger charge is 2.44. The van der Waals surface area contributed by atoms with Crippen LogP contribution in [0.25, 0.3) is 0 Å². The summed E-state index contributed by atoms with van der Waals surface area (Å²) in [7, 11) is 1.55. The molecule has 1 aliphatic rings. The minimum Gasteiger partial charge on any atom is -0.497 e. The maximum Gasteiger partial charge on any atom is 0.414 e. The third kappa shape index (κ3) is 6.73. The van der Waals surface area contributed by atoms with E-state index in [1.807, 2.05) is 18.2 Å². The Labute approximate surface area is 229 Å². The van der Waals surface area contributed by atoms with E-state index < -0.39 is 43.1 Å². The van der Waals surface area contributed by atoms with Crippen molar-refractivity contribution in [2.75, 3.05) is 19.0 Å². The minimum atomic E-state index is -1.48. The Bertz CT molecular complexity index is 1330. The molecule has 1 fully saturated rings. The van der Waals surface area contributed by atoms with Crippen LogP contribution in [-0.4, -0.2) is 74.9 Å². The number of aliphatic hydroxyl groups excluding tert-OH is 3. The first-order valence-corrected chi connectivity index (χ1v) is 12.2. The van der Waals surface area contributed by atoms with Crippen LogP contribution in [0.1, 0.15) is 27.8 Å². The predicted octanol–water partition coefficient (Wildman–Crippen LogP) is 0.497. The molecule has 0 unspecified atom stereocenters. The zero-order valence-electron chi connectivity index (χ0n) is 21.5. The van der Waals surface area contributed by atoms with Crippen molar-refractivity contribution in [3.05, 3.63) is 77.7 Å². The standard InChI is InChI=1S/C26H30N6O8/c1-38-17-9-7-15(8-10-17)11-28-25(31-26(37)39-13-16-5-3-2-4-6-16)30-23-19(22(27)36)29-14-32(23)24-21(35)20(34)18(12-33)40-24/h2-10,14,18,20-21,24,33-35H,11-13H2,1H3,(H2,27,36)(H2,28,30,31,37)/t18-,20-,21-,24-/m1/s1. The summed E-state index contributed by atoms with van der Waals surface area (Å²) in [5.74, 6) is -0.486. The number of amides is 2. The highest BCUT2D eigenvalue weighted by atomic mass is 16.6. The SMILES string of the molecule is COc1ccc(CN=C(NC(=O)OCc2ccccc2)Nc2c(C(N)=O)ncn2[C@@H]2O[C@H](CO)[C@@H](O)[C@H]2O)cc1. The Morgan fingerprint density at radius 3 is 2.45 bits per heavy atom. The van der Waals surface area contributed by atoms with Gasteiger partial charge < -0.3 is 40.6 Å². The van der Waals surface area contributed by atoms with Crippen molar-refractivity contribution in [3.63, 3.8) is 0 Å². The van der Waals surface area contributed by atoms with Gasteiger partial charge in [0.2, 0.25) is 5.96 Å². The second-order valence-corrected chi connectivity index (χ2v) is 8.77. The number of hydrogen-bond donors (Lipinski definition) is 6. The summed E-state index contributed by atoms with van der Waals surface area (Å²) in [6, 6.07) is 16.1. The third-order valence-corrected chi connectivity index (χ3v) is 6.07. The molecule has 1 saturated heterocycles. The van der Waals surface area contributed by atoms with E-state index in [0.717, 1.165) is 17.5 Å². The number of anilines is 1. The molecule has 212 valence electrons. The molecule has 4 rings (SSSR count). The Balaban J connectivity index is 1.61. The average molecular weight is 555 g/mol. The van der Waals surface area contributed by atoms with Crippen molar-refractivity contribution in [3.8, 4) is 5.75 Å². The zero-order chi connectivity index (χ0) is 28.6. The molecule has 14 heteroatoms. The fourth-order valence-electron chi connectivity index (χ4n) is 3.95. The number of guanidine groups is 1. The first kappa shape index (κ1) is 28.5. The highest BCUT2D eigenvalue weighted by molar-refractivity contribution is 6.05. The summed E-state index contributed by atoms with van der Waals surface area (Å²) in [5.41, 5.74) is 6.79. The van der Waals surface area contributed by atoms with Gasteiger partial charge >= 0.3 is 6.09 Å². The van der Waals surface area contributed by atoms with Crippen LogP contribution < -0.4 is 21.1 Å². The summed E-state index contributed by atoms with van der Waals surface area (Å²) < 4.78 is 17.3. The van der Waals surface area contributed by atoms with Crippen LogP contribution in [0.3, 0.4) is 0 Å². The van der Waals surface area contributed by atoms with E-state index in [1.54, 1.807) is 43.5 Å². The van der Waals surface area contributed by atoms with Crippen molar-refractivity contribution in [1.82, 2.24) is 14.9 Å². The molecule has 0 spiro atoms. The molecule has 0 aliphatic carbocycles. The molecule has 0 bridgehead atoms. The van der Waals surface area contributed by atoms with Crippen molar-refractivity contribution in [2.24, 2.45) is 10.7 Å². The largest absolute Gasteiger partial charge is 0.497 e. The number of ether oxygens (including phenoxy) is 3. The van der Waals surface area contributed by atoms with Crippen LogP contribution in [0, 0.1) is 0 Å². The summed E-state index contributed by atoms with van der Waals surface area (Å²) in [6.07, 6.45) is -4.89. The number of aliphatic hydroxyl groups is 3. The van der Waals surface area contributed by atoms with Crippen LogP contribution in [0.15, 0.2) is 65.9 Å². The van der Waals surface area contributed by atoms with Gasteiger partial charge in [-0.25, -0.2) is 14.8 Å². The number of aromatic nitrogens is 2. The molecule has 40 heavy (non-hydrogen) atoms. The van der Waals surface area contributed by atoms with Crippen molar-refractivity contribution in [2.45, 2.75) is 37.7 Å². The molecular formula is C26H30N6O8. The van der Waals surface area contributed by atoms with Gasteiger partial charge in [-0.15, -0.1) is 0 Å². The van der Waals surface area contributed by atoms with Gasteiger partial charge in [0.25, 0.3) is 5.91 Å². The van der Waals surface area contributed by atoms with Gasteiger partial charge in [0, 0.05) is 0 Å². The first-order valence-electron chi connectivity index (χ1n) is 12.2. The minimum absolute atomic E-state index is 0.00849. The van der Waals surface area contributed by atoms with E-state index in [4.69, 9.17) is 19.9 Å². The van der Waals surface area contributed by atoms with Crippen LogP contribution in [0.4, 0.5) is 10.6 Å². The number of primary amides is 1. The number of methoxy groups -OCH3 is 1. The molecule has 1 aliphatic heterocycles. The third-order valence-electron chi connectivity index (χ3n) is 6.07. The van der Waals surface area contributed by atoms with Crippen molar-refractivity contribution < 1.29 is 39.1 Å². The van der Waals surface area contributed by atoms with E-state index in [0.29, 0.717) is 5.75 Å². The summed E-state index contributed by atoms with van der Waals surface area (Å²) in [6.45, 7) is -0.469. The van der Waals surface area contributed by atoms with Crippen molar-refractivity contribution in [1.29, 1.82) is 0 Å². The van der Waals surface area contributed by atoms with E-state index in [2.05, 4.69) is 20.6 Å². The van der Waals surface area contributed by atoms with Crippen LogP contribution in [0.5, 0.6) is 5.75 Å². The number of rotatable bonds is 9. The number of alkyl carbamates (subject to hydrolysis) is 1. The molecule has 4 atom stereocenters. The molecule has 3 aromatic rings. The van der Waals surface area contributed by atoms with Gasteiger partial charge in [0.15, 0.2) is 11.9 Å². The first-order chi connectivity index (χ1) is 19.3. The van der Waals surface area contributed by atoms with Gasteiger partial charge in [-0.2, -0.15) is 0 Å². The van der Waals surface area contributed by atoms with Crippen LogP contribution in [-0.2, 0) is 22.6 Å². The van der Waals surface area contributed by atoms with Gasteiger partial charge in [-0.3, -0.25) is 14.7 Å². The van der Waals surface area contributed by atoms with E-state index in [-0.39, 0.29) is 30.6 Å². The number of benzene rings is 2. The Morgan fingerprint density at radius 2 is 1.82 bits per heavy atom. The van der Waals surface area contributed by atoms with Crippen LogP contribution in [0.2, 0.25) is 0 Å².